The van der Waals surface area contributed by atoms with Gasteiger partial charge < -0.3 is 20.6 Å². The largest absolute Gasteiger partial charge is 0.481 e. The maximum Gasteiger partial charge on any atom is 0.323 e. The van der Waals surface area contributed by atoms with Gasteiger partial charge in [-0.3, -0.25) is 14.6 Å². The third-order valence-corrected chi connectivity index (χ3v) is 6.46. The average Bonchev–Trinajstić information content (AvgIpc) is 2.87. The Morgan fingerprint density at radius 3 is 2.50 bits per heavy atom. The summed E-state index contributed by atoms with van der Waals surface area (Å²) in [6, 6.07) is 16.4. The van der Waals surface area contributed by atoms with E-state index in [9.17, 15) is 18.8 Å². The van der Waals surface area contributed by atoms with Gasteiger partial charge in [0, 0.05) is 13.1 Å². The lowest BCUT2D eigenvalue weighted by Gasteiger charge is -2.32. The number of benzene rings is 2. The van der Waals surface area contributed by atoms with Gasteiger partial charge in [0.25, 0.3) is 0 Å². The number of rotatable bonds is 8. The van der Waals surface area contributed by atoms with E-state index in [0.717, 1.165) is 17.5 Å². The summed E-state index contributed by atoms with van der Waals surface area (Å²) in [7, 11) is 0. The molecule has 0 radical (unpaired) electrons. The van der Waals surface area contributed by atoms with Gasteiger partial charge in [0.05, 0.1) is 35.6 Å². The lowest BCUT2D eigenvalue weighted by atomic mass is 9.92. The van der Waals surface area contributed by atoms with Crippen molar-refractivity contribution in [3.63, 3.8) is 0 Å². The van der Waals surface area contributed by atoms with Gasteiger partial charge in [0.1, 0.15) is 5.82 Å². The quantitative estimate of drug-likeness (QED) is 0.336. The number of amides is 3. The van der Waals surface area contributed by atoms with Gasteiger partial charge in [-0.25, -0.2) is 9.18 Å². The minimum absolute atomic E-state index is 0. The molecule has 2 heterocycles. The third kappa shape index (κ3) is 7.29. The molecular weight excluding hydrogens is 511 g/mol. The van der Waals surface area contributed by atoms with Crippen LogP contribution < -0.4 is 10.6 Å². The summed E-state index contributed by atoms with van der Waals surface area (Å²) in [5.41, 5.74) is 3.06. The highest BCUT2D eigenvalue weighted by Crippen LogP contribution is 2.29. The van der Waals surface area contributed by atoms with Crippen molar-refractivity contribution >= 4 is 41.7 Å². The molecule has 1 aromatic heterocycles. The number of aromatic nitrogens is 1. The molecule has 1 aliphatic heterocycles. The monoisotopic (exact) mass is 540 g/mol. The SMILES string of the molecule is C[C@H](CC(=O)O)c1ccc(CN2CCCC(c3ccc(NC(=O)Nc4ccccc4F)cn3)C2=O)cc1.Cl. The second-order valence-electron chi connectivity index (χ2n) is 9.23. The van der Waals surface area contributed by atoms with Crippen molar-refractivity contribution in [2.75, 3.05) is 17.2 Å². The molecule has 10 heteroatoms. The van der Waals surface area contributed by atoms with E-state index in [0.29, 0.717) is 30.9 Å². The molecule has 3 N–H and O–H groups in total. The number of piperidine rings is 1. The summed E-state index contributed by atoms with van der Waals surface area (Å²) < 4.78 is 13.7. The Kier molecular flexibility index (Phi) is 9.78. The first kappa shape index (κ1) is 28.6. The maximum atomic E-state index is 13.7. The molecule has 3 aromatic rings. The van der Waals surface area contributed by atoms with Crippen molar-refractivity contribution < 1.29 is 23.9 Å². The second-order valence-corrected chi connectivity index (χ2v) is 9.23. The fourth-order valence-corrected chi connectivity index (χ4v) is 4.46. The van der Waals surface area contributed by atoms with E-state index in [2.05, 4.69) is 15.6 Å². The van der Waals surface area contributed by atoms with Crippen molar-refractivity contribution in [1.82, 2.24) is 9.88 Å². The van der Waals surface area contributed by atoms with E-state index in [-0.39, 0.29) is 42.3 Å². The number of urea groups is 1. The predicted molar refractivity (Wildman–Crippen MR) is 145 cm³/mol. The minimum Gasteiger partial charge on any atom is -0.481 e. The minimum atomic E-state index is -0.829. The number of pyridine rings is 1. The van der Waals surface area contributed by atoms with Gasteiger partial charge >= 0.3 is 12.0 Å². The average molecular weight is 541 g/mol. The lowest BCUT2D eigenvalue weighted by Crippen LogP contribution is -2.39. The molecule has 8 nitrogen and oxygen atoms in total. The molecule has 0 saturated carbocycles. The number of carboxylic acid groups (broad SMARTS) is 1. The molecule has 1 aliphatic rings. The molecule has 0 spiro atoms. The zero-order valence-electron chi connectivity index (χ0n) is 20.9. The highest BCUT2D eigenvalue weighted by Gasteiger charge is 2.31. The van der Waals surface area contributed by atoms with Crippen LogP contribution in [0.5, 0.6) is 0 Å². The van der Waals surface area contributed by atoms with Gasteiger partial charge in [0.2, 0.25) is 5.91 Å². The number of hydrogen-bond donors (Lipinski definition) is 3. The van der Waals surface area contributed by atoms with Crippen LogP contribution in [0.3, 0.4) is 0 Å². The number of para-hydroxylation sites is 1. The maximum absolute atomic E-state index is 13.7. The lowest BCUT2D eigenvalue weighted by molar-refractivity contribution is -0.137. The molecule has 1 unspecified atom stereocenters. The molecule has 200 valence electrons. The molecule has 1 fully saturated rings. The van der Waals surface area contributed by atoms with E-state index >= 15 is 0 Å². The summed E-state index contributed by atoms with van der Waals surface area (Å²) in [5, 5.41) is 14.1. The van der Waals surface area contributed by atoms with Gasteiger partial charge in [-0.15, -0.1) is 12.4 Å². The highest BCUT2D eigenvalue weighted by atomic mass is 35.5. The summed E-state index contributed by atoms with van der Waals surface area (Å²) in [5.74, 6) is -1.81. The number of halogens is 2. The van der Waals surface area contributed by atoms with Crippen molar-refractivity contribution in [2.45, 2.75) is 44.6 Å². The second kappa shape index (κ2) is 13.0. The number of anilines is 2. The molecule has 1 saturated heterocycles. The number of hydrogen-bond acceptors (Lipinski definition) is 4. The van der Waals surface area contributed by atoms with E-state index in [1.165, 1.54) is 24.4 Å². The molecule has 2 atom stereocenters. The van der Waals surface area contributed by atoms with Crippen LogP contribution in [0.2, 0.25) is 0 Å². The number of carboxylic acids is 1. The smallest absolute Gasteiger partial charge is 0.323 e. The molecule has 2 aromatic carbocycles. The van der Waals surface area contributed by atoms with Gasteiger partial charge in [-0.2, -0.15) is 0 Å². The van der Waals surface area contributed by atoms with Crippen LogP contribution in [0, 0.1) is 5.82 Å². The zero-order valence-corrected chi connectivity index (χ0v) is 21.7. The third-order valence-electron chi connectivity index (χ3n) is 6.46. The number of carbonyl (C=O) groups is 3. The first-order valence-electron chi connectivity index (χ1n) is 12.2. The van der Waals surface area contributed by atoms with Crippen LogP contribution in [-0.4, -0.2) is 39.4 Å². The molecule has 3 amide bonds. The number of aliphatic carboxylic acids is 1. The number of carbonyl (C=O) groups excluding carboxylic acids is 2. The fourth-order valence-electron chi connectivity index (χ4n) is 4.46. The van der Waals surface area contributed by atoms with Crippen molar-refractivity contribution in [2.24, 2.45) is 0 Å². The molecule has 38 heavy (non-hydrogen) atoms. The van der Waals surface area contributed by atoms with Gasteiger partial charge in [0.15, 0.2) is 0 Å². The van der Waals surface area contributed by atoms with Crippen LogP contribution in [0.1, 0.15) is 54.8 Å². The number of nitrogens with zero attached hydrogens (tertiary/aromatic N) is 2. The fraction of sp³-hybridized carbons (Fsp3) is 0.286. The van der Waals surface area contributed by atoms with Crippen LogP contribution >= 0.6 is 12.4 Å². The predicted octanol–water partition coefficient (Wildman–Crippen LogP) is 5.77. The van der Waals surface area contributed by atoms with E-state index < -0.39 is 17.8 Å². The van der Waals surface area contributed by atoms with Gasteiger partial charge in [-0.05, 0) is 54.2 Å². The van der Waals surface area contributed by atoms with E-state index in [1.807, 2.05) is 36.1 Å². The summed E-state index contributed by atoms with van der Waals surface area (Å²) in [6.07, 6.45) is 3.09. The number of nitrogens with one attached hydrogen (secondary N) is 2. The zero-order chi connectivity index (χ0) is 26.4. The Hall–Kier alpha value is -3.98. The Morgan fingerprint density at radius 1 is 1.11 bits per heavy atom. The van der Waals surface area contributed by atoms with Crippen molar-refractivity contribution in [1.29, 1.82) is 0 Å². The van der Waals surface area contributed by atoms with Crippen molar-refractivity contribution in [3.05, 3.63) is 89.5 Å². The topological polar surface area (TPSA) is 112 Å². The first-order chi connectivity index (χ1) is 17.8. The Labute approximate surface area is 226 Å². The molecule has 4 rings (SSSR count). The highest BCUT2D eigenvalue weighted by molar-refractivity contribution is 5.99. The van der Waals surface area contributed by atoms with E-state index in [1.54, 1.807) is 18.2 Å². The van der Waals surface area contributed by atoms with Crippen LogP contribution in [-0.2, 0) is 16.1 Å². The summed E-state index contributed by atoms with van der Waals surface area (Å²) >= 11 is 0. The summed E-state index contributed by atoms with van der Waals surface area (Å²) in [4.78, 5) is 42.6. The number of likely N-dealkylation sites (tertiary alicyclic amines) is 1. The normalized spacial score (nSPS) is 15.8. The van der Waals surface area contributed by atoms with Gasteiger partial charge in [-0.1, -0.05) is 43.3 Å². The van der Waals surface area contributed by atoms with Crippen molar-refractivity contribution in [3.8, 4) is 0 Å². The van der Waals surface area contributed by atoms with Crippen LogP contribution in [0.15, 0.2) is 66.9 Å². The van der Waals surface area contributed by atoms with E-state index in [4.69, 9.17) is 5.11 Å². The molecule has 0 bridgehead atoms. The Balaban J connectivity index is 0.00000400. The summed E-state index contributed by atoms with van der Waals surface area (Å²) in [6.45, 7) is 3.01. The van der Waals surface area contributed by atoms with Crippen LogP contribution in [0.25, 0.3) is 0 Å². The standard InChI is InChI=1S/C28H29FN4O4.ClH/c1-18(15-26(34)35)20-10-8-19(9-11-20)17-33-14-4-5-22(27(33)36)24-13-12-21(16-30-24)31-28(37)32-25-7-3-2-6-23(25)29;/h2-3,6-13,16,18,22H,4-5,14-15,17H2,1H3,(H,34,35)(H2,31,32,37);1H/t18-,22?;/m1./s1. The molecule has 0 aliphatic carbocycles. The Bertz CT molecular complexity index is 1270. The van der Waals surface area contributed by atoms with Crippen LogP contribution in [0.4, 0.5) is 20.6 Å². The Morgan fingerprint density at radius 2 is 1.84 bits per heavy atom. The first-order valence-corrected chi connectivity index (χ1v) is 12.2. The molecular formula is C28H30ClFN4O4.